The number of carbonyl (C=O) groups is 4. The van der Waals surface area contributed by atoms with E-state index in [0.717, 1.165) is 55.4 Å². The fraction of sp³-hybridized carbons (Fsp3) is 0.455. The third-order valence-corrected chi connectivity index (χ3v) is 8.32. The quantitative estimate of drug-likeness (QED) is 0.304. The van der Waals surface area contributed by atoms with E-state index in [-0.39, 0.29) is 47.5 Å². The number of aryl methyl sites for hydroxylation is 1. The first kappa shape index (κ1) is 31.7. The fourth-order valence-electron chi connectivity index (χ4n) is 5.91. The molecular weight excluding hydrogens is 574 g/mol. The molecule has 0 spiro atoms. The maximum absolute atomic E-state index is 13.8. The number of likely N-dealkylation sites (tertiary alicyclic amines) is 2. The van der Waals surface area contributed by atoms with Crippen molar-refractivity contribution < 1.29 is 23.6 Å². The summed E-state index contributed by atoms with van der Waals surface area (Å²) < 4.78 is 5.69. The zero-order chi connectivity index (χ0) is 32.1. The number of hydrogen-bond donors (Lipinski definition) is 2. The van der Waals surface area contributed by atoms with E-state index >= 15 is 0 Å². The molecule has 238 valence electrons. The van der Waals surface area contributed by atoms with Gasteiger partial charge in [0.25, 0.3) is 11.8 Å². The van der Waals surface area contributed by atoms with E-state index in [4.69, 9.17) is 9.41 Å². The zero-order valence-electron chi connectivity index (χ0n) is 26.3. The van der Waals surface area contributed by atoms with Crippen LogP contribution in [0, 0.1) is 6.92 Å². The maximum Gasteiger partial charge on any atom is 0.271 e. The lowest BCUT2D eigenvalue weighted by atomic mass is 10.1. The summed E-state index contributed by atoms with van der Waals surface area (Å²) in [6, 6.07) is 9.84. The summed E-state index contributed by atoms with van der Waals surface area (Å²) >= 11 is 0. The van der Waals surface area contributed by atoms with Gasteiger partial charge in [-0.15, -0.1) is 0 Å². The molecule has 2 saturated heterocycles. The number of nitrogens with one attached hydrogen (secondary N) is 2. The zero-order valence-corrected chi connectivity index (χ0v) is 26.3. The molecule has 12 heteroatoms. The van der Waals surface area contributed by atoms with Gasteiger partial charge < -0.3 is 24.4 Å². The Morgan fingerprint density at radius 3 is 2.62 bits per heavy atom. The summed E-state index contributed by atoms with van der Waals surface area (Å²) in [6.07, 6.45) is 6.19. The van der Waals surface area contributed by atoms with Crippen molar-refractivity contribution in [1.82, 2.24) is 25.0 Å². The summed E-state index contributed by atoms with van der Waals surface area (Å²) in [5, 5.41) is 6.85. The Labute approximate surface area is 262 Å². The third-order valence-electron chi connectivity index (χ3n) is 8.32. The molecule has 4 amide bonds. The molecule has 2 atom stereocenters. The van der Waals surface area contributed by atoms with Crippen LogP contribution in [-0.4, -0.2) is 95.1 Å². The van der Waals surface area contributed by atoms with Crippen LogP contribution in [0.15, 0.2) is 52.0 Å². The van der Waals surface area contributed by atoms with Gasteiger partial charge in [-0.3, -0.25) is 29.5 Å². The second kappa shape index (κ2) is 13.9. The van der Waals surface area contributed by atoms with Gasteiger partial charge in [-0.05, 0) is 81.8 Å². The second-order valence-corrected chi connectivity index (χ2v) is 11.9. The molecule has 2 N–H and O–H groups in total. The second-order valence-electron chi connectivity index (χ2n) is 11.9. The van der Waals surface area contributed by atoms with Gasteiger partial charge in [0.1, 0.15) is 23.1 Å². The van der Waals surface area contributed by atoms with Crippen LogP contribution in [0.3, 0.4) is 0 Å². The van der Waals surface area contributed by atoms with Crippen LogP contribution in [0.4, 0.5) is 5.69 Å². The number of guanidine groups is 1. The Morgan fingerprint density at radius 1 is 1.07 bits per heavy atom. The van der Waals surface area contributed by atoms with E-state index in [1.54, 1.807) is 25.1 Å². The molecule has 2 fully saturated rings. The van der Waals surface area contributed by atoms with Gasteiger partial charge in [0.2, 0.25) is 17.8 Å². The Morgan fingerprint density at radius 2 is 1.89 bits per heavy atom. The van der Waals surface area contributed by atoms with Gasteiger partial charge in [0.15, 0.2) is 0 Å². The van der Waals surface area contributed by atoms with Gasteiger partial charge in [0.05, 0.1) is 12.1 Å². The molecular formula is C33H41N7O5. The van der Waals surface area contributed by atoms with Crippen molar-refractivity contribution in [2.24, 2.45) is 4.99 Å². The predicted molar refractivity (Wildman–Crippen MR) is 171 cm³/mol. The van der Waals surface area contributed by atoms with Crippen molar-refractivity contribution in [3.8, 4) is 0 Å². The Bertz CT molecular complexity index is 1600. The summed E-state index contributed by atoms with van der Waals surface area (Å²) in [5.41, 5.74) is 1.79. The molecule has 2 aliphatic heterocycles. The van der Waals surface area contributed by atoms with Crippen molar-refractivity contribution in [2.75, 3.05) is 39.0 Å². The largest absolute Gasteiger partial charge is 0.461 e. The van der Waals surface area contributed by atoms with Gasteiger partial charge >= 0.3 is 0 Å². The lowest BCUT2D eigenvalue weighted by molar-refractivity contribution is -0.141. The molecule has 4 heterocycles. The molecule has 1 aromatic carbocycles. The normalized spacial score (nSPS) is 19.0. The van der Waals surface area contributed by atoms with E-state index in [0.29, 0.717) is 18.7 Å². The van der Waals surface area contributed by atoms with Crippen molar-refractivity contribution in [1.29, 1.82) is 0 Å². The van der Waals surface area contributed by atoms with E-state index < -0.39 is 11.9 Å². The SMILES string of the molecule is CC[C@H]1CCCN1C(=O)CN1CCCC[C@H](N=C(NC(=O)c2ccc(C(=O)N(C)C)nc2)Nc2ccc3oc(C)cc3c2)C1=O. The number of fused-ring (bicyclic) bond motifs is 1. The summed E-state index contributed by atoms with van der Waals surface area (Å²) in [7, 11) is 3.25. The van der Waals surface area contributed by atoms with Gasteiger partial charge in [-0.2, -0.15) is 0 Å². The standard InChI is InChI=1S/C33H41N7O5/c1-5-25-9-8-16-40(25)29(41)20-39-15-7-6-10-27(32(39)44)36-33(35-24-12-14-28-23(18-24)17-21(2)45-28)37-30(42)22-11-13-26(34-19-22)31(43)38(3)4/h11-14,17-19,25,27H,5-10,15-16,20H2,1-4H3,(H2,35,36,37,42)/t25-,27-/m0/s1. The lowest BCUT2D eigenvalue weighted by Crippen LogP contribution is -2.47. The minimum absolute atomic E-state index is 0.0245. The lowest BCUT2D eigenvalue weighted by Gasteiger charge is -2.28. The first-order chi connectivity index (χ1) is 21.6. The molecule has 3 aromatic rings. The van der Waals surface area contributed by atoms with Crippen LogP contribution < -0.4 is 10.6 Å². The van der Waals surface area contributed by atoms with Gasteiger partial charge in [-0.1, -0.05) is 6.92 Å². The number of rotatable bonds is 7. The molecule has 12 nitrogen and oxygen atoms in total. The average molecular weight is 616 g/mol. The van der Waals surface area contributed by atoms with E-state index in [1.165, 1.54) is 23.2 Å². The van der Waals surface area contributed by atoms with Crippen LogP contribution in [0.5, 0.6) is 0 Å². The molecule has 0 unspecified atom stereocenters. The average Bonchev–Trinajstić information content (AvgIpc) is 3.62. The van der Waals surface area contributed by atoms with Crippen LogP contribution in [-0.2, 0) is 9.59 Å². The highest BCUT2D eigenvalue weighted by Crippen LogP contribution is 2.24. The Kier molecular flexibility index (Phi) is 9.80. The molecule has 45 heavy (non-hydrogen) atoms. The Hall–Kier alpha value is -4.74. The molecule has 2 aromatic heterocycles. The van der Waals surface area contributed by atoms with Gasteiger partial charge in [-0.25, -0.2) is 4.99 Å². The van der Waals surface area contributed by atoms with Crippen molar-refractivity contribution in [3.05, 3.63) is 59.6 Å². The number of pyridine rings is 1. The maximum atomic E-state index is 13.8. The summed E-state index contributed by atoms with van der Waals surface area (Å²) in [4.78, 5) is 66.4. The van der Waals surface area contributed by atoms with Crippen LogP contribution in [0.25, 0.3) is 11.0 Å². The van der Waals surface area contributed by atoms with Gasteiger partial charge in [0, 0.05) is 50.5 Å². The molecule has 0 aliphatic carbocycles. The number of nitrogens with zero attached hydrogens (tertiary/aromatic N) is 5. The first-order valence-electron chi connectivity index (χ1n) is 15.5. The van der Waals surface area contributed by atoms with Crippen molar-refractivity contribution in [3.63, 3.8) is 0 Å². The highest BCUT2D eigenvalue weighted by atomic mass is 16.3. The van der Waals surface area contributed by atoms with E-state index in [2.05, 4.69) is 22.5 Å². The number of carbonyl (C=O) groups excluding carboxylic acids is 4. The fourth-order valence-corrected chi connectivity index (χ4v) is 5.91. The topological polar surface area (TPSA) is 140 Å². The van der Waals surface area contributed by atoms with Crippen LogP contribution in [0.1, 0.15) is 72.1 Å². The van der Waals surface area contributed by atoms with Crippen molar-refractivity contribution in [2.45, 2.75) is 64.5 Å². The monoisotopic (exact) mass is 615 g/mol. The van der Waals surface area contributed by atoms with Crippen molar-refractivity contribution >= 4 is 46.2 Å². The minimum Gasteiger partial charge on any atom is -0.461 e. The molecule has 2 aliphatic rings. The summed E-state index contributed by atoms with van der Waals surface area (Å²) in [6.45, 7) is 5.18. The van der Waals surface area contributed by atoms with Crippen LogP contribution >= 0.6 is 0 Å². The Balaban J connectivity index is 1.39. The third kappa shape index (κ3) is 7.50. The number of aromatic nitrogens is 1. The smallest absolute Gasteiger partial charge is 0.271 e. The number of amides is 4. The number of benzene rings is 1. The summed E-state index contributed by atoms with van der Waals surface area (Å²) in [5.74, 6) is -0.200. The predicted octanol–water partition coefficient (Wildman–Crippen LogP) is 3.82. The highest BCUT2D eigenvalue weighted by molar-refractivity contribution is 6.11. The van der Waals surface area contributed by atoms with E-state index in [9.17, 15) is 19.2 Å². The highest BCUT2D eigenvalue weighted by Gasteiger charge is 2.33. The first-order valence-corrected chi connectivity index (χ1v) is 15.5. The molecule has 0 bridgehead atoms. The number of anilines is 1. The number of hydrogen-bond acceptors (Lipinski definition) is 7. The number of furan rings is 1. The molecule has 5 rings (SSSR count). The molecule has 0 radical (unpaired) electrons. The molecule has 0 saturated carbocycles. The number of aliphatic imine (C=N–C) groups is 1. The minimum atomic E-state index is -0.790. The van der Waals surface area contributed by atoms with Crippen LogP contribution in [0.2, 0.25) is 0 Å². The van der Waals surface area contributed by atoms with E-state index in [1.807, 2.05) is 30.0 Å².